The zero-order valence-corrected chi connectivity index (χ0v) is 11.6. The molecule has 2 aromatic carbocycles. The van der Waals surface area contributed by atoms with Crippen LogP contribution in [0.3, 0.4) is 0 Å². The first-order chi connectivity index (χ1) is 10.0. The molecule has 0 aliphatic rings. The summed E-state index contributed by atoms with van der Waals surface area (Å²) < 4.78 is 27.0. The molecule has 0 saturated heterocycles. The van der Waals surface area contributed by atoms with Gasteiger partial charge in [0.15, 0.2) is 0 Å². The van der Waals surface area contributed by atoms with Crippen LogP contribution in [0.1, 0.15) is 22.0 Å². The Morgan fingerprint density at radius 2 is 1.81 bits per heavy atom. The second kappa shape index (κ2) is 6.65. The van der Waals surface area contributed by atoms with Crippen LogP contribution in [0.5, 0.6) is 0 Å². The number of rotatable bonds is 4. The van der Waals surface area contributed by atoms with E-state index in [9.17, 15) is 18.7 Å². The van der Waals surface area contributed by atoms with E-state index in [-0.39, 0.29) is 22.7 Å². The molecule has 2 rings (SSSR count). The number of aliphatic hydroxyl groups is 1. The molecule has 3 nitrogen and oxygen atoms in total. The predicted molar refractivity (Wildman–Crippen MR) is 75.1 cm³/mol. The Morgan fingerprint density at radius 1 is 1.14 bits per heavy atom. The Bertz CT molecular complexity index is 644. The van der Waals surface area contributed by atoms with Crippen molar-refractivity contribution in [1.29, 1.82) is 0 Å². The minimum atomic E-state index is -1.24. The van der Waals surface area contributed by atoms with E-state index in [0.717, 1.165) is 6.07 Å². The SMILES string of the molecule is O=C(NCC(O)c1ccccc1F)c1c(F)cccc1Cl. The number of amides is 1. The fourth-order valence-corrected chi connectivity index (χ4v) is 2.10. The lowest BCUT2D eigenvalue weighted by Crippen LogP contribution is -2.29. The first kappa shape index (κ1) is 15.4. The minimum absolute atomic E-state index is 0.0344. The molecule has 0 aromatic heterocycles. The molecule has 0 bridgehead atoms. The molecule has 0 heterocycles. The molecule has 0 fully saturated rings. The molecule has 2 N–H and O–H groups in total. The van der Waals surface area contributed by atoms with Crippen molar-refractivity contribution in [3.05, 3.63) is 70.2 Å². The number of nitrogens with one attached hydrogen (secondary N) is 1. The van der Waals surface area contributed by atoms with Gasteiger partial charge in [0, 0.05) is 12.1 Å². The van der Waals surface area contributed by atoms with Gasteiger partial charge in [-0.3, -0.25) is 4.79 Å². The van der Waals surface area contributed by atoms with E-state index < -0.39 is 23.6 Å². The van der Waals surface area contributed by atoms with Crippen LogP contribution in [0.4, 0.5) is 8.78 Å². The van der Waals surface area contributed by atoms with Crippen molar-refractivity contribution in [2.75, 3.05) is 6.54 Å². The molecule has 21 heavy (non-hydrogen) atoms. The van der Waals surface area contributed by atoms with Crippen LogP contribution in [0.15, 0.2) is 42.5 Å². The third-order valence-electron chi connectivity index (χ3n) is 2.91. The number of halogens is 3. The summed E-state index contributed by atoms with van der Waals surface area (Å²) in [4.78, 5) is 11.9. The van der Waals surface area contributed by atoms with E-state index in [1.807, 2.05) is 0 Å². The van der Waals surface area contributed by atoms with Crippen molar-refractivity contribution in [1.82, 2.24) is 5.32 Å². The Hall–Kier alpha value is -1.98. The van der Waals surface area contributed by atoms with E-state index in [1.54, 1.807) is 6.07 Å². The molecule has 2 aromatic rings. The van der Waals surface area contributed by atoms with Crippen LogP contribution in [-0.2, 0) is 0 Å². The molecule has 110 valence electrons. The summed E-state index contributed by atoms with van der Waals surface area (Å²) >= 11 is 5.76. The zero-order valence-electron chi connectivity index (χ0n) is 10.8. The lowest BCUT2D eigenvalue weighted by molar-refractivity contribution is 0.0910. The summed E-state index contributed by atoms with van der Waals surface area (Å²) in [6, 6.07) is 9.53. The number of carbonyl (C=O) groups excluding carboxylic acids is 1. The van der Waals surface area contributed by atoms with Crippen molar-refractivity contribution >= 4 is 17.5 Å². The van der Waals surface area contributed by atoms with Crippen molar-refractivity contribution in [2.24, 2.45) is 0 Å². The smallest absolute Gasteiger partial charge is 0.255 e. The Labute approximate surface area is 125 Å². The summed E-state index contributed by atoms with van der Waals surface area (Å²) in [6.45, 7) is -0.259. The second-order valence-electron chi connectivity index (χ2n) is 4.34. The molecule has 1 amide bonds. The Kier molecular flexibility index (Phi) is 4.88. The van der Waals surface area contributed by atoms with Gasteiger partial charge in [0.2, 0.25) is 0 Å². The highest BCUT2D eigenvalue weighted by atomic mass is 35.5. The van der Waals surface area contributed by atoms with E-state index in [0.29, 0.717) is 0 Å². The summed E-state index contributed by atoms with van der Waals surface area (Å²) in [5.74, 6) is -2.11. The van der Waals surface area contributed by atoms with E-state index in [2.05, 4.69) is 5.32 Å². The number of aliphatic hydroxyl groups excluding tert-OH is 1. The topological polar surface area (TPSA) is 49.3 Å². The number of hydrogen-bond donors (Lipinski definition) is 2. The number of benzene rings is 2. The van der Waals surface area contributed by atoms with Crippen molar-refractivity contribution in [3.63, 3.8) is 0 Å². The van der Waals surface area contributed by atoms with Gasteiger partial charge < -0.3 is 10.4 Å². The molecule has 0 aliphatic heterocycles. The van der Waals surface area contributed by atoms with Crippen molar-refractivity contribution < 1.29 is 18.7 Å². The van der Waals surface area contributed by atoms with Crippen LogP contribution in [0.2, 0.25) is 5.02 Å². The maximum Gasteiger partial charge on any atom is 0.255 e. The van der Waals surface area contributed by atoms with Gasteiger partial charge in [-0.15, -0.1) is 0 Å². The fraction of sp³-hybridized carbons (Fsp3) is 0.133. The molecular weight excluding hydrogens is 300 g/mol. The first-order valence-corrected chi connectivity index (χ1v) is 6.53. The number of hydrogen-bond acceptors (Lipinski definition) is 2. The van der Waals surface area contributed by atoms with E-state index in [4.69, 9.17) is 11.6 Å². The zero-order chi connectivity index (χ0) is 15.4. The average Bonchev–Trinajstić information content (AvgIpc) is 2.45. The molecule has 0 spiro atoms. The van der Waals surface area contributed by atoms with Gasteiger partial charge in [0.1, 0.15) is 11.6 Å². The highest BCUT2D eigenvalue weighted by Gasteiger charge is 2.18. The second-order valence-corrected chi connectivity index (χ2v) is 4.75. The van der Waals surface area contributed by atoms with E-state index in [1.165, 1.54) is 30.3 Å². The number of carbonyl (C=O) groups is 1. The van der Waals surface area contributed by atoms with Crippen LogP contribution >= 0.6 is 11.6 Å². The molecule has 0 saturated carbocycles. The van der Waals surface area contributed by atoms with Gasteiger partial charge in [0.25, 0.3) is 5.91 Å². The van der Waals surface area contributed by atoms with Crippen LogP contribution in [0.25, 0.3) is 0 Å². The predicted octanol–water partition coefficient (Wildman–Crippen LogP) is 3.08. The van der Waals surface area contributed by atoms with Crippen LogP contribution < -0.4 is 5.32 Å². The molecular formula is C15H12ClF2NO2. The summed E-state index contributed by atoms with van der Waals surface area (Å²) in [5, 5.41) is 12.1. The monoisotopic (exact) mass is 311 g/mol. The summed E-state index contributed by atoms with van der Waals surface area (Å²) in [5.41, 5.74) is -0.252. The van der Waals surface area contributed by atoms with Gasteiger partial charge in [0.05, 0.1) is 16.7 Å². The van der Waals surface area contributed by atoms with Gasteiger partial charge in [-0.05, 0) is 18.2 Å². The third kappa shape index (κ3) is 3.56. The van der Waals surface area contributed by atoms with Gasteiger partial charge in [-0.1, -0.05) is 35.9 Å². The molecule has 6 heteroatoms. The van der Waals surface area contributed by atoms with Gasteiger partial charge >= 0.3 is 0 Å². The normalized spacial score (nSPS) is 12.0. The van der Waals surface area contributed by atoms with Gasteiger partial charge in [-0.2, -0.15) is 0 Å². The highest BCUT2D eigenvalue weighted by Crippen LogP contribution is 2.19. The third-order valence-corrected chi connectivity index (χ3v) is 3.22. The maximum atomic E-state index is 13.5. The van der Waals surface area contributed by atoms with Gasteiger partial charge in [-0.25, -0.2) is 8.78 Å². The molecule has 0 aliphatic carbocycles. The maximum absolute atomic E-state index is 13.5. The lowest BCUT2D eigenvalue weighted by atomic mass is 10.1. The standard InChI is InChI=1S/C15H12ClF2NO2/c16-10-5-3-7-12(18)14(10)15(21)19-8-13(20)9-4-1-2-6-11(9)17/h1-7,13,20H,8H2,(H,19,21). The van der Waals surface area contributed by atoms with Crippen molar-refractivity contribution in [3.8, 4) is 0 Å². The summed E-state index contributed by atoms with van der Waals surface area (Å²) in [6.07, 6.45) is -1.24. The lowest BCUT2D eigenvalue weighted by Gasteiger charge is -2.13. The van der Waals surface area contributed by atoms with E-state index >= 15 is 0 Å². The Morgan fingerprint density at radius 3 is 2.48 bits per heavy atom. The van der Waals surface area contributed by atoms with Crippen LogP contribution in [0, 0.1) is 11.6 Å². The highest BCUT2D eigenvalue weighted by molar-refractivity contribution is 6.33. The average molecular weight is 312 g/mol. The molecule has 1 atom stereocenters. The minimum Gasteiger partial charge on any atom is -0.386 e. The van der Waals surface area contributed by atoms with Crippen molar-refractivity contribution in [2.45, 2.75) is 6.10 Å². The Balaban J connectivity index is 2.06. The van der Waals surface area contributed by atoms with Crippen LogP contribution in [-0.4, -0.2) is 17.6 Å². The molecule has 1 unspecified atom stereocenters. The fourth-order valence-electron chi connectivity index (χ4n) is 1.85. The molecule has 0 radical (unpaired) electrons. The first-order valence-electron chi connectivity index (χ1n) is 6.15. The summed E-state index contributed by atoms with van der Waals surface area (Å²) in [7, 11) is 0. The quantitative estimate of drug-likeness (QED) is 0.911. The largest absolute Gasteiger partial charge is 0.386 e.